The molecule has 11 heavy (non-hydrogen) atoms. The fraction of sp³-hybridized carbons (Fsp3) is 0.429. The summed E-state index contributed by atoms with van der Waals surface area (Å²) in [7, 11) is 0. The molecular formula is C7H9BrN2O. The van der Waals surface area contributed by atoms with Crippen LogP contribution in [0.15, 0.2) is 10.7 Å². The van der Waals surface area contributed by atoms with E-state index in [0.717, 1.165) is 6.20 Å². The molecule has 0 saturated carbocycles. The lowest BCUT2D eigenvalue weighted by Crippen LogP contribution is -1.98. The summed E-state index contributed by atoms with van der Waals surface area (Å²) in [5, 5.41) is 0. The summed E-state index contributed by atoms with van der Waals surface area (Å²) in [5.41, 5.74) is -0.390. The summed E-state index contributed by atoms with van der Waals surface area (Å²) in [4.78, 5) is 7.04. The van der Waals surface area contributed by atoms with Gasteiger partial charge in [-0.05, 0) is 29.6 Å². The van der Waals surface area contributed by atoms with Gasteiger partial charge in [-0.15, -0.1) is 0 Å². The van der Waals surface area contributed by atoms with Crippen LogP contribution in [0.4, 0.5) is 0 Å². The molecule has 0 fully saturated rings. The number of hydrogen-bond donors (Lipinski definition) is 0. The van der Waals surface area contributed by atoms with Crippen LogP contribution in [0.1, 0.15) is 23.5 Å². The van der Waals surface area contributed by atoms with E-state index >= 15 is 0 Å². The lowest BCUT2D eigenvalue weighted by atomic mass is 10.5. The molecule has 4 heteroatoms. The average Bonchev–Trinajstić information content (AvgIpc) is 2.17. The van der Waals surface area contributed by atoms with Crippen molar-refractivity contribution in [2.45, 2.75) is 13.7 Å². The fourth-order valence-electron chi connectivity index (χ4n) is 0.446. The van der Waals surface area contributed by atoms with Crippen LogP contribution in [-0.4, -0.2) is 16.5 Å². The molecule has 1 aromatic heterocycles. The van der Waals surface area contributed by atoms with Gasteiger partial charge in [0, 0.05) is 14.4 Å². The van der Waals surface area contributed by atoms with Crippen LogP contribution in [0, 0.1) is 6.85 Å². The maximum absolute atomic E-state index is 7.24. The Balaban J connectivity index is 3.12. The Bertz CT molecular complexity index is 471. The number of rotatable bonds is 2. The number of nitrogens with zero attached hydrogens (tertiary/aromatic N) is 2. The van der Waals surface area contributed by atoms with E-state index in [1.807, 2.05) is 0 Å². The van der Waals surface area contributed by atoms with Crippen molar-refractivity contribution in [1.29, 1.82) is 0 Å². The van der Waals surface area contributed by atoms with Crippen LogP contribution < -0.4 is 4.74 Å². The van der Waals surface area contributed by atoms with Gasteiger partial charge in [0.15, 0.2) is 0 Å². The second-order valence-electron chi connectivity index (χ2n) is 1.55. The highest BCUT2D eigenvalue weighted by Gasteiger charge is 1.99. The number of hydrogen-bond acceptors (Lipinski definition) is 3. The van der Waals surface area contributed by atoms with E-state index in [1.165, 1.54) is 0 Å². The van der Waals surface area contributed by atoms with Crippen LogP contribution in [0.25, 0.3) is 0 Å². The zero-order chi connectivity index (χ0) is 15.1. The van der Waals surface area contributed by atoms with Crippen molar-refractivity contribution < 1.29 is 15.7 Å². The smallest absolute Gasteiger partial charge is 0.316 e. The molecular weight excluding hydrogens is 208 g/mol. The molecule has 0 aliphatic heterocycles. The minimum Gasteiger partial charge on any atom is -0.464 e. The molecule has 0 aliphatic rings. The van der Waals surface area contributed by atoms with Crippen LogP contribution >= 0.6 is 15.9 Å². The lowest BCUT2D eigenvalue weighted by Gasteiger charge is -2.01. The summed E-state index contributed by atoms with van der Waals surface area (Å²) in [6.45, 7) is -8.64. The summed E-state index contributed by atoms with van der Waals surface area (Å²) in [5.74, 6) is 0. The minimum atomic E-state index is -3.05. The molecule has 60 valence electrons. The van der Waals surface area contributed by atoms with Gasteiger partial charge < -0.3 is 4.74 Å². The zero-order valence-corrected chi connectivity index (χ0v) is 6.84. The second kappa shape index (κ2) is 3.67. The lowest BCUT2D eigenvalue weighted by molar-refractivity contribution is 0.311. The molecule has 0 atom stereocenters. The van der Waals surface area contributed by atoms with Crippen molar-refractivity contribution >= 4 is 15.9 Å². The van der Waals surface area contributed by atoms with Gasteiger partial charge >= 0.3 is 6.01 Å². The van der Waals surface area contributed by atoms with Crippen LogP contribution in [-0.2, 0) is 0 Å². The molecule has 0 amide bonds. The first-order valence-corrected chi connectivity index (χ1v) is 3.36. The molecule has 3 nitrogen and oxygen atoms in total. The van der Waals surface area contributed by atoms with E-state index in [9.17, 15) is 0 Å². The molecule has 0 aromatic carbocycles. The quantitative estimate of drug-likeness (QED) is 0.771. The maximum atomic E-state index is 7.24. The van der Waals surface area contributed by atoms with Gasteiger partial charge in [-0.3, -0.25) is 0 Å². The average molecular weight is 225 g/mol. The Hall–Kier alpha value is -0.640. The summed E-state index contributed by atoms with van der Waals surface area (Å²) in [6, 6.07) is -0.657. The maximum Gasteiger partial charge on any atom is 0.316 e. The Morgan fingerprint density at radius 2 is 2.82 bits per heavy atom. The molecule has 0 aliphatic carbocycles. The third-order valence-electron chi connectivity index (χ3n) is 0.864. The summed E-state index contributed by atoms with van der Waals surface area (Å²) < 4.78 is 61.6. The molecule has 1 aromatic rings. The highest BCUT2D eigenvalue weighted by atomic mass is 79.9. The van der Waals surface area contributed by atoms with Crippen molar-refractivity contribution in [3.05, 3.63) is 16.4 Å². The number of ether oxygens (including phenoxy) is 1. The minimum absolute atomic E-state index is 0.0919. The van der Waals surface area contributed by atoms with Crippen LogP contribution in [0.2, 0.25) is 0 Å². The third-order valence-corrected chi connectivity index (χ3v) is 1.44. The van der Waals surface area contributed by atoms with Gasteiger partial charge in [-0.25, -0.2) is 4.98 Å². The van der Waals surface area contributed by atoms with E-state index in [2.05, 4.69) is 30.6 Å². The van der Waals surface area contributed by atoms with Crippen molar-refractivity contribution in [3.8, 4) is 6.01 Å². The van der Waals surface area contributed by atoms with Gasteiger partial charge in [-0.2, -0.15) is 4.98 Å². The van der Waals surface area contributed by atoms with Crippen molar-refractivity contribution in [1.82, 2.24) is 9.97 Å². The largest absolute Gasteiger partial charge is 0.464 e. The standard InChI is InChI=1S/C7H9BrN2O/c1-3-11-7-9-4-6(8)5(2)10-7/h4H,3H2,1-2H3/i1D3,2D3,3D2. The van der Waals surface area contributed by atoms with Crippen LogP contribution in [0.5, 0.6) is 6.01 Å². The van der Waals surface area contributed by atoms with Crippen LogP contribution in [0.3, 0.4) is 0 Å². The predicted molar refractivity (Wildman–Crippen MR) is 45.6 cm³/mol. The highest BCUT2D eigenvalue weighted by Crippen LogP contribution is 2.14. The van der Waals surface area contributed by atoms with E-state index in [-0.39, 0.29) is 10.2 Å². The van der Waals surface area contributed by atoms with Crippen molar-refractivity contribution in [3.63, 3.8) is 0 Å². The Labute approximate surface area is 85.2 Å². The Kier molecular flexibility index (Phi) is 0.897. The van der Waals surface area contributed by atoms with Gasteiger partial charge in [0.25, 0.3) is 0 Å². The number of aromatic nitrogens is 2. The third kappa shape index (κ3) is 2.15. The topological polar surface area (TPSA) is 35.0 Å². The SMILES string of the molecule is [2H]C([2H])([2H])c1nc(OC([2H])([2H])C([2H])([2H])[2H])ncc1Br. The molecule has 0 unspecified atom stereocenters. The molecule has 0 radical (unpaired) electrons. The predicted octanol–water partition coefficient (Wildman–Crippen LogP) is 1.95. The van der Waals surface area contributed by atoms with Gasteiger partial charge in [0.05, 0.1) is 19.5 Å². The zero-order valence-electron chi connectivity index (χ0n) is 13.3. The summed E-state index contributed by atoms with van der Waals surface area (Å²) in [6.07, 6.45) is 1.06. The number of aryl methyl sites for hydroxylation is 1. The summed E-state index contributed by atoms with van der Waals surface area (Å²) >= 11 is 2.94. The van der Waals surface area contributed by atoms with Crippen molar-refractivity contribution in [2.75, 3.05) is 6.56 Å². The van der Waals surface area contributed by atoms with E-state index < -0.39 is 26.3 Å². The Morgan fingerprint density at radius 3 is 3.55 bits per heavy atom. The first-order valence-electron chi connectivity index (χ1n) is 6.56. The van der Waals surface area contributed by atoms with Gasteiger partial charge in [0.2, 0.25) is 0 Å². The number of halogens is 1. The van der Waals surface area contributed by atoms with Gasteiger partial charge in [0.1, 0.15) is 0 Å². The van der Waals surface area contributed by atoms with E-state index in [1.54, 1.807) is 0 Å². The highest BCUT2D eigenvalue weighted by molar-refractivity contribution is 9.10. The Morgan fingerprint density at radius 1 is 1.91 bits per heavy atom. The molecule has 0 bridgehead atoms. The van der Waals surface area contributed by atoms with E-state index in [0.29, 0.717) is 0 Å². The molecule has 1 rings (SSSR count). The first-order chi connectivity index (χ1) is 8.34. The van der Waals surface area contributed by atoms with E-state index in [4.69, 9.17) is 11.0 Å². The monoisotopic (exact) mass is 224 g/mol. The molecule has 1 heterocycles. The fourth-order valence-corrected chi connectivity index (χ4v) is 0.637. The van der Waals surface area contributed by atoms with Gasteiger partial charge in [-0.1, -0.05) is 0 Å². The second-order valence-corrected chi connectivity index (χ2v) is 2.41. The normalized spacial score (nSPS) is 24.1. The molecule has 0 saturated heterocycles. The molecule has 0 N–H and O–H groups in total. The van der Waals surface area contributed by atoms with Crippen molar-refractivity contribution in [2.24, 2.45) is 0 Å². The first kappa shape index (κ1) is 2.69. The molecule has 0 spiro atoms.